The Balaban J connectivity index is 0.000000403. The standard InChI is InChI=1S/2C6F5.Sm/c2*7-2-1-3(8)5(10)6(11)4(2)9;/q2*-1;. The molecule has 0 saturated carbocycles. The normalized spacial score (nSPS) is 9.83. The molecule has 0 spiro atoms. The van der Waals surface area contributed by atoms with Crippen molar-refractivity contribution in [2.45, 2.75) is 0 Å². The molecule has 0 atom stereocenters. The summed E-state index contributed by atoms with van der Waals surface area (Å²) in [6.07, 6.45) is 0. The van der Waals surface area contributed by atoms with Gasteiger partial charge in [-0.25, -0.2) is 26.3 Å². The van der Waals surface area contributed by atoms with Gasteiger partial charge in [0.2, 0.25) is 0 Å². The molecule has 0 aliphatic carbocycles. The Kier molecular flexibility index (Phi) is 8.44. The van der Waals surface area contributed by atoms with E-state index in [4.69, 9.17) is 0 Å². The van der Waals surface area contributed by atoms with Crippen LogP contribution in [0, 0.1) is 111 Å². The van der Waals surface area contributed by atoms with Crippen LogP contribution in [0.2, 0.25) is 0 Å². The van der Waals surface area contributed by atoms with Crippen molar-refractivity contribution >= 4 is 0 Å². The van der Waals surface area contributed by atoms with Crippen molar-refractivity contribution in [3.05, 3.63) is 70.3 Å². The Morgan fingerprint density at radius 3 is 0.696 bits per heavy atom. The molecule has 2 aromatic carbocycles. The van der Waals surface area contributed by atoms with Crippen LogP contribution in [0.3, 0.4) is 0 Å². The SMILES string of the molecule is Fc1[c-]c(F)c(F)c(F)c1F.Fc1[c-]c(F)c(F)c(F)c1F.[Sm]. The molecule has 0 unspecified atom stereocenters. The summed E-state index contributed by atoms with van der Waals surface area (Å²) in [6.45, 7) is 0. The molecular formula is C12F10Sm-2. The predicted molar refractivity (Wildman–Crippen MR) is 50.1 cm³/mol. The number of benzene rings is 2. The van der Waals surface area contributed by atoms with Gasteiger partial charge in [0.25, 0.3) is 0 Å². The molecule has 0 aliphatic heterocycles. The molecule has 2 rings (SSSR count). The first kappa shape index (κ1) is 22.1. The molecular weight excluding hydrogens is 484 g/mol. The Bertz CT molecular complexity index is 602. The van der Waals surface area contributed by atoms with Crippen LogP contribution in [0.25, 0.3) is 0 Å². The van der Waals surface area contributed by atoms with Gasteiger partial charge in [0.15, 0.2) is 0 Å². The Morgan fingerprint density at radius 2 is 0.522 bits per heavy atom. The molecule has 0 heterocycles. The predicted octanol–water partition coefficient (Wildman–Crippen LogP) is 4.36. The second-order valence-electron chi connectivity index (χ2n) is 3.39. The maximum Gasteiger partial charge on any atom is 0.0893 e. The Labute approximate surface area is 154 Å². The van der Waals surface area contributed by atoms with Gasteiger partial charge in [-0.3, -0.25) is 17.6 Å². The van der Waals surface area contributed by atoms with Gasteiger partial charge < -0.3 is 0 Å². The van der Waals surface area contributed by atoms with E-state index in [-0.39, 0.29) is 40.4 Å². The summed E-state index contributed by atoms with van der Waals surface area (Å²) in [5.41, 5.74) is 0. The van der Waals surface area contributed by atoms with Gasteiger partial charge in [0.1, 0.15) is 0 Å². The topological polar surface area (TPSA) is 0 Å². The van der Waals surface area contributed by atoms with Crippen molar-refractivity contribution in [2.24, 2.45) is 0 Å². The van der Waals surface area contributed by atoms with Crippen molar-refractivity contribution in [3.8, 4) is 0 Å². The Hall–Kier alpha value is -0.922. The molecule has 23 heavy (non-hydrogen) atoms. The van der Waals surface area contributed by atoms with Crippen LogP contribution in [0.4, 0.5) is 43.9 Å². The van der Waals surface area contributed by atoms with E-state index in [0.717, 1.165) is 12.1 Å². The van der Waals surface area contributed by atoms with Gasteiger partial charge in [0, 0.05) is 40.4 Å². The second kappa shape index (κ2) is 8.80. The minimum atomic E-state index is -2.17. The van der Waals surface area contributed by atoms with E-state index in [0.29, 0.717) is 0 Å². The van der Waals surface area contributed by atoms with E-state index in [9.17, 15) is 43.9 Å². The van der Waals surface area contributed by atoms with Crippen molar-refractivity contribution in [1.82, 2.24) is 0 Å². The van der Waals surface area contributed by atoms with E-state index in [1.165, 1.54) is 0 Å². The summed E-state index contributed by atoms with van der Waals surface area (Å²) in [4.78, 5) is 0. The number of rotatable bonds is 0. The minimum absolute atomic E-state index is 0. The van der Waals surface area contributed by atoms with Crippen LogP contribution in [0.15, 0.2) is 0 Å². The minimum Gasteiger partial charge on any atom is -0.278 e. The molecule has 2 aromatic rings. The zero-order valence-corrected chi connectivity index (χ0v) is 12.8. The summed E-state index contributed by atoms with van der Waals surface area (Å²) < 4.78 is 120. The van der Waals surface area contributed by atoms with E-state index in [2.05, 4.69) is 0 Å². The monoisotopic (exact) mass is 486 g/mol. The van der Waals surface area contributed by atoms with Crippen LogP contribution in [-0.4, -0.2) is 0 Å². The molecule has 0 amide bonds. The molecule has 0 bridgehead atoms. The van der Waals surface area contributed by atoms with Gasteiger partial charge in [-0.15, -0.1) is 12.1 Å². The summed E-state index contributed by atoms with van der Waals surface area (Å²) >= 11 is 0. The van der Waals surface area contributed by atoms with Crippen molar-refractivity contribution in [2.75, 3.05) is 0 Å². The smallest absolute Gasteiger partial charge is 0.0893 e. The first-order valence-electron chi connectivity index (χ1n) is 4.89. The average Bonchev–Trinajstić information content (AvgIpc) is 2.47. The second-order valence-corrected chi connectivity index (χ2v) is 3.39. The van der Waals surface area contributed by atoms with Crippen LogP contribution < -0.4 is 0 Å². The molecule has 11 heteroatoms. The molecule has 0 nitrogen and oxygen atoms in total. The summed E-state index contributed by atoms with van der Waals surface area (Å²) in [5.74, 6) is -20.1. The first-order valence-corrected chi connectivity index (χ1v) is 4.89. The zero-order chi connectivity index (χ0) is 17.2. The molecule has 126 valence electrons. The fraction of sp³-hybridized carbons (Fsp3) is 0. The van der Waals surface area contributed by atoms with E-state index in [1.54, 1.807) is 0 Å². The average molecular weight is 484 g/mol. The maximum atomic E-state index is 12.0. The van der Waals surface area contributed by atoms with Crippen LogP contribution >= 0.6 is 0 Å². The third-order valence-corrected chi connectivity index (χ3v) is 1.98. The van der Waals surface area contributed by atoms with E-state index < -0.39 is 58.2 Å². The van der Waals surface area contributed by atoms with Gasteiger partial charge in [-0.1, -0.05) is 0 Å². The van der Waals surface area contributed by atoms with Crippen molar-refractivity contribution < 1.29 is 84.3 Å². The van der Waals surface area contributed by atoms with Crippen LogP contribution in [0.5, 0.6) is 0 Å². The molecule has 0 saturated heterocycles. The third-order valence-electron chi connectivity index (χ3n) is 1.98. The third kappa shape index (κ3) is 5.02. The first-order chi connectivity index (χ1) is 10.1. The molecule has 0 fully saturated rings. The Morgan fingerprint density at radius 1 is 0.348 bits per heavy atom. The fourth-order valence-corrected chi connectivity index (χ4v) is 0.990. The summed E-state index contributed by atoms with van der Waals surface area (Å²) in [6, 6.07) is 2.05. The fourth-order valence-electron chi connectivity index (χ4n) is 0.990. The van der Waals surface area contributed by atoms with Gasteiger partial charge >= 0.3 is 0 Å². The molecule has 0 aromatic heterocycles. The zero-order valence-electron chi connectivity index (χ0n) is 10.2. The van der Waals surface area contributed by atoms with E-state index in [1.807, 2.05) is 0 Å². The quantitative estimate of drug-likeness (QED) is 0.226. The number of hydrogen-bond acceptors (Lipinski definition) is 0. The van der Waals surface area contributed by atoms with Crippen molar-refractivity contribution in [1.29, 1.82) is 0 Å². The van der Waals surface area contributed by atoms with Crippen LogP contribution in [0.1, 0.15) is 0 Å². The molecule has 0 aliphatic rings. The van der Waals surface area contributed by atoms with Crippen molar-refractivity contribution in [3.63, 3.8) is 0 Å². The largest absolute Gasteiger partial charge is 0.278 e. The molecule has 0 radical (unpaired) electrons. The van der Waals surface area contributed by atoms with Gasteiger partial charge in [-0.05, 0) is 0 Å². The van der Waals surface area contributed by atoms with Gasteiger partial charge in [0.05, 0.1) is 58.2 Å². The number of hydrogen-bond donors (Lipinski definition) is 0. The van der Waals surface area contributed by atoms with E-state index >= 15 is 0 Å². The number of halogens is 10. The summed E-state index contributed by atoms with van der Waals surface area (Å²) in [7, 11) is 0. The molecule has 0 N–H and O–H groups in total. The maximum absolute atomic E-state index is 12.0. The summed E-state index contributed by atoms with van der Waals surface area (Å²) in [5, 5.41) is 0. The van der Waals surface area contributed by atoms with Gasteiger partial charge in [-0.2, -0.15) is 0 Å². The van der Waals surface area contributed by atoms with Crippen LogP contribution in [-0.2, 0) is 0 Å².